The number of rotatable bonds is 3. The molecule has 1 rings (SSSR count). The van der Waals surface area contributed by atoms with Crippen LogP contribution in [0.1, 0.15) is 32.9 Å². The van der Waals surface area contributed by atoms with E-state index in [0.717, 1.165) is 29.0 Å². The third kappa shape index (κ3) is 2.29. The first-order valence-electron chi connectivity index (χ1n) is 4.86. The summed E-state index contributed by atoms with van der Waals surface area (Å²) in [6, 6.07) is 0. The lowest BCUT2D eigenvalue weighted by molar-refractivity contribution is 0.282. The lowest BCUT2D eigenvalue weighted by Gasteiger charge is -2.22. The molecule has 0 bridgehead atoms. The number of nitrogens with two attached hydrogens (primary N) is 1. The standard InChI is InChI=1S/C10H18BrN3/c1-5-10(3,4)6-14-9(12)8(11)7(2)13-14/h5-6,12H2,1-4H3. The number of hydrogen-bond acceptors (Lipinski definition) is 2. The van der Waals surface area contributed by atoms with E-state index in [1.807, 2.05) is 11.6 Å². The van der Waals surface area contributed by atoms with Gasteiger partial charge in [0.05, 0.1) is 10.2 Å². The van der Waals surface area contributed by atoms with Crippen molar-refractivity contribution in [2.75, 3.05) is 5.73 Å². The van der Waals surface area contributed by atoms with E-state index in [1.54, 1.807) is 0 Å². The number of nitrogens with zero attached hydrogens (tertiary/aromatic N) is 2. The van der Waals surface area contributed by atoms with E-state index >= 15 is 0 Å². The summed E-state index contributed by atoms with van der Waals surface area (Å²) in [5.41, 5.74) is 7.11. The van der Waals surface area contributed by atoms with Crippen LogP contribution in [0.4, 0.5) is 5.82 Å². The highest BCUT2D eigenvalue weighted by molar-refractivity contribution is 9.10. The fourth-order valence-corrected chi connectivity index (χ4v) is 1.50. The predicted molar refractivity (Wildman–Crippen MR) is 63.1 cm³/mol. The first-order valence-corrected chi connectivity index (χ1v) is 5.65. The second kappa shape index (κ2) is 3.93. The summed E-state index contributed by atoms with van der Waals surface area (Å²) in [4.78, 5) is 0. The number of hydrogen-bond donors (Lipinski definition) is 1. The molecule has 1 heterocycles. The highest BCUT2D eigenvalue weighted by Gasteiger charge is 2.19. The van der Waals surface area contributed by atoms with Crippen molar-refractivity contribution in [2.24, 2.45) is 5.41 Å². The van der Waals surface area contributed by atoms with Crippen LogP contribution in [0.5, 0.6) is 0 Å². The second-order valence-corrected chi connectivity index (χ2v) is 5.25. The Labute approximate surface area is 93.8 Å². The molecule has 0 aromatic carbocycles. The Bertz CT molecular complexity index is 328. The Morgan fingerprint density at radius 1 is 1.50 bits per heavy atom. The molecule has 3 nitrogen and oxygen atoms in total. The third-order valence-electron chi connectivity index (χ3n) is 2.63. The van der Waals surface area contributed by atoms with Gasteiger partial charge in [-0.3, -0.25) is 0 Å². The number of aromatic nitrogens is 2. The molecule has 0 fully saturated rings. The Hall–Kier alpha value is -0.510. The van der Waals surface area contributed by atoms with Gasteiger partial charge in [-0.2, -0.15) is 5.10 Å². The number of anilines is 1. The van der Waals surface area contributed by atoms with Crippen molar-refractivity contribution in [1.82, 2.24) is 9.78 Å². The van der Waals surface area contributed by atoms with Crippen molar-refractivity contribution >= 4 is 21.7 Å². The maximum atomic E-state index is 5.92. The molecule has 0 atom stereocenters. The largest absolute Gasteiger partial charge is 0.383 e. The summed E-state index contributed by atoms with van der Waals surface area (Å²) in [6.45, 7) is 9.44. The monoisotopic (exact) mass is 259 g/mol. The average Bonchev–Trinajstić information content (AvgIpc) is 2.33. The van der Waals surface area contributed by atoms with E-state index in [9.17, 15) is 0 Å². The molecular weight excluding hydrogens is 242 g/mol. The zero-order valence-electron chi connectivity index (χ0n) is 9.26. The van der Waals surface area contributed by atoms with E-state index < -0.39 is 0 Å². The van der Waals surface area contributed by atoms with Gasteiger partial charge in [0, 0.05) is 6.54 Å². The van der Waals surface area contributed by atoms with Crippen molar-refractivity contribution < 1.29 is 0 Å². The molecule has 80 valence electrons. The van der Waals surface area contributed by atoms with Crippen LogP contribution in [0, 0.1) is 12.3 Å². The highest BCUT2D eigenvalue weighted by atomic mass is 79.9. The zero-order valence-corrected chi connectivity index (χ0v) is 10.8. The van der Waals surface area contributed by atoms with Crippen LogP contribution in [-0.4, -0.2) is 9.78 Å². The van der Waals surface area contributed by atoms with Crippen molar-refractivity contribution in [2.45, 2.75) is 40.7 Å². The van der Waals surface area contributed by atoms with Gasteiger partial charge in [-0.25, -0.2) is 4.68 Å². The van der Waals surface area contributed by atoms with E-state index in [4.69, 9.17) is 5.73 Å². The van der Waals surface area contributed by atoms with E-state index in [2.05, 4.69) is 41.8 Å². The number of nitrogen functional groups attached to an aromatic ring is 1. The minimum absolute atomic E-state index is 0.242. The summed E-state index contributed by atoms with van der Waals surface area (Å²) < 4.78 is 2.80. The molecule has 1 aromatic heterocycles. The van der Waals surface area contributed by atoms with Gasteiger partial charge in [0.25, 0.3) is 0 Å². The van der Waals surface area contributed by atoms with Gasteiger partial charge in [0.2, 0.25) is 0 Å². The molecular formula is C10H18BrN3. The number of aryl methyl sites for hydroxylation is 1. The minimum Gasteiger partial charge on any atom is -0.383 e. The summed E-state index contributed by atoms with van der Waals surface area (Å²) in [7, 11) is 0. The fraction of sp³-hybridized carbons (Fsp3) is 0.700. The SMILES string of the molecule is CCC(C)(C)Cn1nc(C)c(Br)c1N. The van der Waals surface area contributed by atoms with E-state index in [1.165, 1.54) is 0 Å². The lowest BCUT2D eigenvalue weighted by Crippen LogP contribution is -2.20. The van der Waals surface area contributed by atoms with Crippen LogP contribution in [0.3, 0.4) is 0 Å². The van der Waals surface area contributed by atoms with Crippen LogP contribution in [0.15, 0.2) is 4.47 Å². The van der Waals surface area contributed by atoms with E-state index in [-0.39, 0.29) is 5.41 Å². The van der Waals surface area contributed by atoms with Gasteiger partial charge in [-0.1, -0.05) is 20.8 Å². The predicted octanol–water partition coefficient (Wildman–Crippen LogP) is 2.97. The quantitative estimate of drug-likeness (QED) is 0.907. The minimum atomic E-state index is 0.242. The zero-order chi connectivity index (χ0) is 10.9. The third-order valence-corrected chi connectivity index (χ3v) is 3.61. The van der Waals surface area contributed by atoms with Crippen LogP contribution in [0.2, 0.25) is 0 Å². The molecule has 0 amide bonds. The molecule has 2 N–H and O–H groups in total. The topological polar surface area (TPSA) is 43.8 Å². The Morgan fingerprint density at radius 2 is 2.07 bits per heavy atom. The van der Waals surface area contributed by atoms with Crippen LogP contribution in [0.25, 0.3) is 0 Å². The molecule has 14 heavy (non-hydrogen) atoms. The molecule has 0 radical (unpaired) electrons. The molecule has 0 saturated heterocycles. The van der Waals surface area contributed by atoms with Crippen molar-refractivity contribution in [3.05, 3.63) is 10.2 Å². The highest BCUT2D eigenvalue weighted by Crippen LogP contribution is 2.28. The fourth-order valence-electron chi connectivity index (χ4n) is 1.22. The Morgan fingerprint density at radius 3 is 2.43 bits per heavy atom. The first-order chi connectivity index (χ1) is 6.37. The van der Waals surface area contributed by atoms with Gasteiger partial charge in [0.15, 0.2) is 0 Å². The van der Waals surface area contributed by atoms with Crippen LogP contribution < -0.4 is 5.73 Å². The van der Waals surface area contributed by atoms with Gasteiger partial charge < -0.3 is 5.73 Å². The summed E-state index contributed by atoms with van der Waals surface area (Å²) in [5, 5.41) is 4.39. The van der Waals surface area contributed by atoms with Crippen molar-refractivity contribution in [3.8, 4) is 0 Å². The number of halogens is 1. The van der Waals surface area contributed by atoms with Crippen molar-refractivity contribution in [3.63, 3.8) is 0 Å². The lowest BCUT2D eigenvalue weighted by atomic mass is 9.90. The molecule has 0 aliphatic carbocycles. The molecule has 0 aliphatic rings. The second-order valence-electron chi connectivity index (χ2n) is 4.46. The molecule has 0 spiro atoms. The van der Waals surface area contributed by atoms with Gasteiger partial charge in [-0.05, 0) is 34.7 Å². The van der Waals surface area contributed by atoms with Gasteiger partial charge in [-0.15, -0.1) is 0 Å². The maximum Gasteiger partial charge on any atom is 0.136 e. The maximum absolute atomic E-state index is 5.92. The van der Waals surface area contributed by atoms with Gasteiger partial charge in [0.1, 0.15) is 5.82 Å². The first kappa shape index (κ1) is 11.6. The summed E-state index contributed by atoms with van der Waals surface area (Å²) >= 11 is 3.42. The average molecular weight is 260 g/mol. The summed E-state index contributed by atoms with van der Waals surface area (Å²) in [5.74, 6) is 0.726. The van der Waals surface area contributed by atoms with Crippen molar-refractivity contribution in [1.29, 1.82) is 0 Å². The molecule has 0 unspecified atom stereocenters. The molecule has 0 saturated carbocycles. The molecule has 0 aliphatic heterocycles. The van der Waals surface area contributed by atoms with Crippen LogP contribution >= 0.6 is 15.9 Å². The van der Waals surface area contributed by atoms with E-state index in [0.29, 0.717) is 0 Å². The van der Waals surface area contributed by atoms with Crippen LogP contribution in [-0.2, 0) is 6.54 Å². The summed E-state index contributed by atoms with van der Waals surface area (Å²) in [6.07, 6.45) is 1.11. The molecule has 1 aromatic rings. The van der Waals surface area contributed by atoms with Gasteiger partial charge >= 0.3 is 0 Å². The normalized spacial score (nSPS) is 12.1. The molecule has 4 heteroatoms. The Balaban J connectivity index is 2.93. The smallest absolute Gasteiger partial charge is 0.136 e. The Kier molecular flexibility index (Phi) is 3.24.